The molecule has 5 rings (SSSR count). The molecule has 0 spiro atoms. The van der Waals surface area contributed by atoms with Gasteiger partial charge in [-0.25, -0.2) is 0 Å². The Balaban J connectivity index is 1.91. The molecule has 0 N–H and O–H groups in total. The minimum Gasteiger partial charge on any atom is -0.456 e. The molecule has 0 radical (unpaired) electrons. The average Bonchev–Trinajstić information content (AvgIpc) is 3.02. The van der Waals surface area contributed by atoms with E-state index in [9.17, 15) is 0 Å². The van der Waals surface area contributed by atoms with E-state index in [-0.39, 0.29) is 0 Å². The van der Waals surface area contributed by atoms with E-state index < -0.39 is 0 Å². The molecule has 0 fully saturated rings. The highest BCUT2D eigenvalue weighted by Crippen LogP contribution is 2.45. The summed E-state index contributed by atoms with van der Waals surface area (Å²) in [5.41, 5.74) is 8.32. The van der Waals surface area contributed by atoms with Crippen LogP contribution in [0.2, 0.25) is 0 Å². The van der Waals surface area contributed by atoms with E-state index in [0.717, 1.165) is 50.0 Å². The fraction of sp³-hybridized carbons (Fsp3) is 0.0500. The summed E-state index contributed by atoms with van der Waals surface area (Å²) in [7, 11) is 0. The zero-order valence-electron chi connectivity index (χ0n) is 12.2. The van der Waals surface area contributed by atoms with Crippen LogP contribution in [-0.2, 0) is 0 Å². The Hall–Kier alpha value is -2.87. The number of hydrogen-bond acceptors (Lipinski definition) is 2. The number of pyridine rings is 1. The Labute approximate surface area is 127 Å². The van der Waals surface area contributed by atoms with Gasteiger partial charge < -0.3 is 4.42 Å². The van der Waals surface area contributed by atoms with Crippen molar-refractivity contribution in [3.8, 4) is 11.1 Å². The third-order valence-corrected chi connectivity index (χ3v) is 4.45. The number of aryl methyl sites for hydroxylation is 1. The molecule has 1 aliphatic rings. The number of furan rings is 1. The monoisotopic (exact) mass is 283 g/mol. The van der Waals surface area contributed by atoms with Gasteiger partial charge in [0.05, 0.1) is 5.69 Å². The van der Waals surface area contributed by atoms with Gasteiger partial charge in [-0.2, -0.15) is 0 Å². The number of benzene rings is 2. The smallest absolute Gasteiger partial charge is 0.136 e. The molecule has 2 aromatic carbocycles. The predicted octanol–water partition coefficient (Wildman–Crippen LogP) is 5.33. The van der Waals surface area contributed by atoms with Crippen LogP contribution in [-0.4, -0.2) is 4.98 Å². The van der Waals surface area contributed by atoms with Crippen LogP contribution >= 0.6 is 0 Å². The van der Waals surface area contributed by atoms with Crippen LogP contribution in [0.5, 0.6) is 0 Å². The predicted molar refractivity (Wildman–Crippen MR) is 89.8 cm³/mol. The summed E-state index contributed by atoms with van der Waals surface area (Å²) >= 11 is 0. The summed E-state index contributed by atoms with van der Waals surface area (Å²) in [6, 6.07) is 16.6. The van der Waals surface area contributed by atoms with E-state index in [4.69, 9.17) is 4.42 Å². The van der Waals surface area contributed by atoms with Crippen molar-refractivity contribution in [3.05, 3.63) is 72.1 Å². The van der Waals surface area contributed by atoms with Crippen molar-refractivity contribution < 1.29 is 4.42 Å². The molecular weight excluding hydrogens is 270 g/mol. The average molecular weight is 283 g/mol. The Bertz CT molecular complexity index is 1100. The van der Waals surface area contributed by atoms with Crippen LogP contribution in [0.3, 0.4) is 0 Å². The van der Waals surface area contributed by atoms with Crippen molar-refractivity contribution >= 4 is 27.5 Å². The third-order valence-electron chi connectivity index (χ3n) is 4.45. The number of para-hydroxylation sites is 1. The molecule has 22 heavy (non-hydrogen) atoms. The van der Waals surface area contributed by atoms with Gasteiger partial charge in [-0.15, -0.1) is 0 Å². The van der Waals surface area contributed by atoms with Gasteiger partial charge >= 0.3 is 0 Å². The lowest BCUT2D eigenvalue weighted by molar-refractivity contribution is 0.669. The van der Waals surface area contributed by atoms with Crippen LogP contribution in [0.1, 0.15) is 17.0 Å². The molecule has 0 saturated heterocycles. The maximum atomic E-state index is 6.00. The van der Waals surface area contributed by atoms with E-state index in [1.165, 1.54) is 5.56 Å². The standard InChI is InChI=1S/C20H13NO/c1-11-7-8-14-16-10-19-17(9-15(16)12(2)20(14)21-11)13-5-3-4-6-18(13)22-19/h3-10H,2H2,1H3. The summed E-state index contributed by atoms with van der Waals surface area (Å²) in [6.45, 7) is 6.27. The fourth-order valence-electron chi connectivity index (χ4n) is 3.38. The molecule has 2 nitrogen and oxygen atoms in total. The molecule has 1 aliphatic carbocycles. The molecule has 0 aliphatic heterocycles. The van der Waals surface area contributed by atoms with Gasteiger partial charge in [0.2, 0.25) is 0 Å². The summed E-state index contributed by atoms with van der Waals surface area (Å²) < 4.78 is 6.00. The molecule has 104 valence electrons. The normalized spacial score (nSPS) is 12.9. The van der Waals surface area contributed by atoms with Crippen molar-refractivity contribution in [2.24, 2.45) is 0 Å². The van der Waals surface area contributed by atoms with E-state index in [1.54, 1.807) is 0 Å². The zero-order chi connectivity index (χ0) is 14.8. The minimum atomic E-state index is 0.918. The number of rotatable bonds is 0. The molecule has 0 saturated carbocycles. The summed E-state index contributed by atoms with van der Waals surface area (Å²) in [5, 5.41) is 2.29. The van der Waals surface area contributed by atoms with Crippen LogP contribution in [0.4, 0.5) is 0 Å². The van der Waals surface area contributed by atoms with Gasteiger partial charge in [0.25, 0.3) is 0 Å². The second kappa shape index (κ2) is 3.86. The highest BCUT2D eigenvalue weighted by Gasteiger charge is 2.25. The number of aromatic nitrogens is 1. The van der Waals surface area contributed by atoms with Crippen LogP contribution < -0.4 is 0 Å². The molecule has 0 atom stereocenters. The van der Waals surface area contributed by atoms with Crippen molar-refractivity contribution in [2.75, 3.05) is 0 Å². The maximum Gasteiger partial charge on any atom is 0.136 e. The van der Waals surface area contributed by atoms with E-state index in [2.05, 4.69) is 35.8 Å². The second-order valence-corrected chi connectivity index (χ2v) is 5.82. The maximum absolute atomic E-state index is 6.00. The largest absolute Gasteiger partial charge is 0.456 e. The molecule has 4 aromatic rings. The van der Waals surface area contributed by atoms with Crippen molar-refractivity contribution in [2.45, 2.75) is 6.92 Å². The Morgan fingerprint density at radius 1 is 0.864 bits per heavy atom. The van der Waals surface area contributed by atoms with Crippen molar-refractivity contribution in [1.82, 2.24) is 4.98 Å². The lowest BCUT2D eigenvalue weighted by Crippen LogP contribution is -1.87. The van der Waals surface area contributed by atoms with Crippen molar-refractivity contribution in [3.63, 3.8) is 0 Å². The van der Waals surface area contributed by atoms with Gasteiger partial charge in [0.1, 0.15) is 11.2 Å². The first-order valence-electron chi connectivity index (χ1n) is 7.35. The van der Waals surface area contributed by atoms with Crippen LogP contribution in [0.25, 0.3) is 38.6 Å². The third kappa shape index (κ3) is 1.37. The summed E-state index contributed by atoms with van der Waals surface area (Å²) in [6.07, 6.45) is 0. The first-order valence-corrected chi connectivity index (χ1v) is 7.35. The molecule has 2 heteroatoms. The van der Waals surface area contributed by atoms with Gasteiger partial charge in [-0.1, -0.05) is 30.8 Å². The highest BCUT2D eigenvalue weighted by atomic mass is 16.3. The molecule has 2 heterocycles. The SMILES string of the molecule is C=C1c2cc3c(cc2-c2ccc(C)nc21)oc1ccccc13. The Morgan fingerprint density at radius 2 is 1.73 bits per heavy atom. The molecule has 0 unspecified atom stereocenters. The van der Waals surface area contributed by atoms with Crippen LogP contribution in [0, 0.1) is 6.92 Å². The van der Waals surface area contributed by atoms with Gasteiger partial charge in [-0.3, -0.25) is 4.98 Å². The fourth-order valence-corrected chi connectivity index (χ4v) is 3.38. The molecule has 0 bridgehead atoms. The zero-order valence-corrected chi connectivity index (χ0v) is 12.2. The van der Waals surface area contributed by atoms with Crippen LogP contribution in [0.15, 0.2) is 59.5 Å². The molecule has 0 amide bonds. The number of fused-ring (bicyclic) bond motifs is 6. The number of hydrogen-bond donors (Lipinski definition) is 0. The van der Waals surface area contributed by atoms with E-state index >= 15 is 0 Å². The highest BCUT2D eigenvalue weighted by molar-refractivity contribution is 6.10. The summed E-state index contributed by atoms with van der Waals surface area (Å²) in [5.74, 6) is 0. The molecular formula is C20H13NO. The summed E-state index contributed by atoms with van der Waals surface area (Å²) in [4.78, 5) is 4.66. The second-order valence-electron chi connectivity index (χ2n) is 5.82. The van der Waals surface area contributed by atoms with Gasteiger partial charge in [-0.05, 0) is 42.3 Å². The van der Waals surface area contributed by atoms with E-state index in [1.807, 2.05) is 31.2 Å². The number of nitrogens with zero attached hydrogens (tertiary/aromatic N) is 1. The first-order chi connectivity index (χ1) is 10.7. The van der Waals surface area contributed by atoms with E-state index in [0.29, 0.717) is 0 Å². The Morgan fingerprint density at radius 3 is 2.64 bits per heavy atom. The van der Waals surface area contributed by atoms with Crippen molar-refractivity contribution in [1.29, 1.82) is 0 Å². The Kier molecular flexibility index (Phi) is 2.06. The lowest BCUT2D eigenvalue weighted by Gasteiger charge is -2.00. The lowest BCUT2D eigenvalue weighted by atomic mass is 10.0. The first kappa shape index (κ1) is 11.8. The van der Waals surface area contributed by atoms with Gasteiger partial charge in [0.15, 0.2) is 0 Å². The minimum absolute atomic E-state index is 0.918. The quantitative estimate of drug-likeness (QED) is 0.384. The topological polar surface area (TPSA) is 26.0 Å². The molecule has 2 aromatic heterocycles. The van der Waals surface area contributed by atoms with Gasteiger partial charge in [0, 0.05) is 27.6 Å².